The first-order chi connectivity index (χ1) is 6.84. The highest BCUT2D eigenvalue weighted by Crippen LogP contribution is 2.12. The Hall–Kier alpha value is -1.16. The van der Waals surface area contributed by atoms with Gasteiger partial charge >= 0.3 is 0 Å². The van der Waals surface area contributed by atoms with Gasteiger partial charge in [-0.3, -0.25) is 0 Å². The first-order valence-electron chi connectivity index (χ1n) is 4.97. The normalized spacial score (nSPS) is 18.1. The minimum atomic E-state index is 0.498. The number of hydrogen-bond donors (Lipinski definition) is 1. The van der Waals surface area contributed by atoms with Gasteiger partial charge in [0.2, 0.25) is 0 Å². The monoisotopic (exact) mass is 193 g/mol. The molecule has 4 heteroatoms. The van der Waals surface area contributed by atoms with Gasteiger partial charge in [-0.15, -0.1) is 0 Å². The second-order valence-corrected chi connectivity index (χ2v) is 3.58. The van der Waals surface area contributed by atoms with E-state index in [0.717, 1.165) is 37.6 Å². The van der Waals surface area contributed by atoms with Gasteiger partial charge in [0.15, 0.2) is 0 Å². The molecule has 0 aliphatic carbocycles. The Morgan fingerprint density at radius 2 is 2.14 bits per heavy atom. The summed E-state index contributed by atoms with van der Waals surface area (Å²) in [7, 11) is 0. The van der Waals surface area contributed by atoms with Gasteiger partial charge in [-0.1, -0.05) is 0 Å². The van der Waals surface area contributed by atoms with Crippen molar-refractivity contribution in [1.29, 1.82) is 0 Å². The molecule has 0 saturated carbocycles. The lowest BCUT2D eigenvalue weighted by molar-refractivity contribution is 0.0904. The maximum absolute atomic E-state index is 5.29. The number of hydrogen-bond acceptors (Lipinski definition) is 4. The van der Waals surface area contributed by atoms with Crippen molar-refractivity contribution in [2.45, 2.75) is 25.8 Å². The lowest BCUT2D eigenvalue weighted by Crippen LogP contribution is -2.28. The van der Waals surface area contributed by atoms with Crippen LogP contribution in [0.4, 0.5) is 5.82 Å². The van der Waals surface area contributed by atoms with E-state index in [0.29, 0.717) is 6.04 Å². The third-order valence-corrected chi connectivity index (χ3v) is 2.38. The average molecular weight is 193 g/mol. The van der Waals surface area contributed by atoms with E-state index in [4.69, 9.17) is 4.74 Å². The maximum atomic E-state index is 5.29. The van der Waals surface area contributed by atoms with Crippen molar-refractivity contribution < 1.29 is 4.74 Å². The molecule has 76 valence electrons. The van der Waals surface area contributed by atoms with Crippen molar-refractivity contribution >= 4 is 5.82 Å². The Balaban J connectivity index is 1.95. The van der Waals surface area contributed by atoms with E-state index in [9.17, 15) is 0 Å². The molecule has 1 aromatic heterocycles. The number of anilines is 1. The van der Waals surface area contributed by atoms with Crippen LogP contribution >= 0.6 is 0 Å². The SMILES string of the molecule is Cc1cc(NC2CCOCC2)ncn1. The van der Waals surface area contributed by atoms with Crippen LogP contribution in [0.25, 0.3) is 0 Å². The highest BCUT2D eigenvalue weighted by atomic mass is 16.5. The van der Waals surface area contributed by atoms with E-state index in [1.165, 1.54) is 0 Å². The summed E-state index contributed by atoms with van der Waals surface area (Å²) in [5, 5.41) is 3.39. The van der Waals surface area contributed by atoms with E-state index in [1.54, 1.807) is 6.33 Å². The summed E-state index contributed by atoms with van der Waals surface area (Å²) in [6, 6.07) is 2.47. The van der Waals surface area contributed by atoms with Crippen molar-refractivity contribution in [2.75, 3.05) is 18.5 Å². The van der Waals surface area contributed by atoms with E-state index < -0.39 is 0 Å². The molecule has 0 spiro atoms. The zero-order chi connectivity index (χ0) is 9.80. The largest absolute Gasteiger partial charge is 0.381 e. The molecule has 2 rings (SSSR count). The summed E-state index contributed by atoms with van der Waals surface area (Å²) in [5.41, 5.74) is 0.995. The van der Waals surface area contributed by atoms with Gasteiger partial charge in [0.05, 0.1) is 0 Å². The Labute approximate surface area is 83.7 Å². The molecular weight excluding hydrogens is 178 g/mol. The standard InChI is InChI=1S/C10H15N3O/c1-8-6-10(12-7-11-8)13-9-2-4-14-5-3-9/h6-7,9H,2-5H2,1H3,(H,11,12,13). The summed E-state index contributed by atoms with van der Waals surface area (Å²) in [6.45, 7) is 3.67. The second kappa shape index (κ2) is 4.37. The smallest absolute Gasteiger partial charge is 0.129 e. The second-order valence-electron chi connectivity index (χ2n) is 3.58. The van der Waals surface area contributed by atoms with Crippen molar-refractivity contribution in [3.05, 3.63) is 18.1 Å². The molecule has 0 unspecified atom stereocenters. The highest BCUT2D eigenvalue weighted by Gasteiger charge is 2.13. The molecule has 1 N–H and O–H groups in total. The molecule has 4 nitrogen and oxygen atoms in total. The Bertz CT molecular complexity index is 297. The predicted molar refractivity (Wildman–Crippen MR) is 54.2 cm³/mol. The first-order valence-corrected chi connectivity index (χ1v) is 4.97. The molecule has 0 aromatic carbocycles. The van der Waals surface area contributed by atoms with Crippen molar-refractivity contribution in [1.82, 2.24) is 9.97 Å². The van der Waals surface area contributed by atoms with Crippen LogP contribution in [-0.4, -0.2) is 29.2 Å². The zero-order valence-electron chi connectivity index (χ0n) is 8.36. The Morgan fingerprint density at radius 1 is 1.36 bits per heavy atom. The zero-order valence-corrected chi connectivity index (χ0v) is 8.36. The van der Waals surface area contributed by atoms with Crippen LogP contribution in [0.15, 0.2) is 12.4 Å². The minimum absolute atomic E-state index is 0.498. The van der Waals surface area contributed by atoms with Crippen LogP contribution in [0.5, 0.6) is 0 Å². The van der Waals surface area contributed by atoms with Gasteiger partial charge in [0.1, 0.15) is 12.1 Å². The summed E-state index contributed by atoms with van der Waals surface area (Å²) in [5.74, 6) is 0.921. The lowest BCUT2D eigenvalue weighted by atomic mass is 10.1. The van der Waals surface area contributed by atoms with Crippen molar-refractivity contribution in [2.24, 2.45) is 0 Å². The van der Waals surface area contributed by atoms with Crippen molar-refractivity contribution in [3.8, 4) is 0 Å². The van der Waals surface area contributed by atoms with Gasteiger partial charge < -0.3 is 10.1 Å². The Kier molecular flexibility index (Phi) is 2.93. The third kappa shape index (κ3) is 2.42. The van der Waals surface area contributed by atoms with Crippen LogP contribution < -0.4 is 5.32 Å². The molecular formula is C10H15N3O. The molecule has 0 amide bonds. The van der Waals surface area contributed by atoms with E-state index >= 15 is 0 Å². The first kappa shape index (κ1) is 9.40. The summed E-state index contributed by atoms with van der Waals surface area (Å²) >= 11 is 0. The third-order valence-electron chi connectivity index (χ3n) is 2.38. The van der Waals surface area contributed by atoms with Crippen LogP contribution in [0.3, 0.4) is 0 Å². The minimum Gasteiger partial charge on any atom is -0.381 e. The fourth-order valence-corrected chi connectivity index (χ4v) is 1.58. The average Bonchev–Trinajstić information content (AvgIpc) is 2.19. The van der Waals surface area contributed by atoms with Gasteiger partial charge in [-0.2, -0.15) is 0 Å². The van der Waals surface area contributed by atoms with Crippen LogP contribution in [0.2, 0.25) is 0 Å². The molecule has 1 aliphatic rings. The van der Waals surface area contributed by atoms with Gasteiger partial charge in [-0.25, -0.2) is 9.97 Å². The molecule has 0 radical (unpaired) electrons. The van der Waals surface area contributed by atoms with Gasteiger partial charge in [0.25, 0.3) is 0 Å². The van der Waals surface area contributed by atoms with Gasteiger partial charge in [-0.05, 0) is 19.8 Å². The Morgan fingerprint density at radius 3 is 2.86 bits per heavy atom. The van der Waals surface area contributed by atoms with Crippen molar-refractivity contribution in [3.63, 3.8) is 0 Å². The molecule has 2 heterocycles. The summed E-state index contributed by atoms with van der Waals surface area (Å²) < 4.78 is 5.29. The van der Waals surface area contributed by atoms with Gasteiger partial charge in [0, 0.05) is 31.0 Å². The number of aryl methyl sites for hydroxylation is 1. The van der Waals surface area contributed by atoms with Crippen LogP contribution in [0, 0.1) is 6.92 Å². The molecule has 1 fully saturated rings. The molecule has 14 heavy (non-hydrogen) atoms. The number of nitrogens with one attached hydrogen (secondary N) is 1. The number of rotatable bonds is 2. The molecule has 1 aliphatic heterocycles. The highest BCUT2D eigenvalue weighted by molar-refractivity contribution is 5.35. The predicted octanol–water partition coefficient (Wildman–Crippen LogP) is 1.38. The number of aromatic nitrogens is 2. The number of ether oxygens (including phenoxy) is 1. The maximum Gasteiger partial charge on any atom is 0.129 e. The van der Waals surface area contributed by atoms with E-state index in [-0.39, 0.29) is 0 Å². The fourth-order valence-electron chi connectivity index (χ4n) is 1.58. The fraction of sp³-hybridized carbons (Fsp3) is 0.600. The molecule has 0 atom stereocenters. The molecule has 0 bridgehead atoms. The van der Waals surface area contributed by atoms with Crippen LogP contribution in [0.1, 0.15) is 18.5 Å². The molecule has 1 aromatic rings. The number of nitrogens with zero attached hydrogens (tertiary/aromatic N) is 2. The topological polar surface area (TPSA) is 47.0 Å². The molecule has 1 saturated heterocycles. The van der Waals surface area contributed by atoms with Crippen LogP contribution in [-0.2, 0) is 4.74 Å². The summed E-state index contributed by atoms with van der Waals surface area (Å²) in [4.78, 5) is 8.23. The lowest BCUT2D eigenvalue weighted by Gasteiger charge is -2.23. The van der Waals surface area contributed by atoms with E-state index in [1.807, 2.05) is 13.0 Å². The quantitative estimate of drug-likeness (QED) is 0.770. The summed E-state index contributed by atoms with van der Waals surface area (Å²) in [6.07, 6.45) is 3.71. The van der Waals surface area contributed by atoms with E-state index in [2.05, 4.69) is 15.3 Å².